The highest BCUT2D eigenvalue weighted by Crippen LogP contribution is 2.27. The number of carboxylic acid groups (broad SMARTS) is 1. The van der Waals surface area contributed by atoms with Crippen molar-refractivity contribution in [2.75, 3.05) is 46.3 Å². The predicted octanol–water partition coefficient (Wildman–Crippen LogP) is 0.908. The molecule has 0 aromatic heterocycles. The highest BCUT2D eigenvalue weighted by atomic mass is 16.4. The van der Waals surface area contributed by atoms with E-state index in [4.69, 9.17) is 0 Å². The molecule has 0 saturated carbocycles. The zero-order valence-electron chi connectivity index (χ0n) is 14.1. The van der Waals surface area contributed by atoms with Crippen LogP contribution in [0.2, 0.25) is 0 Å². The van der Waals surface area contributed by atoms with Crippen molar-refractivity contribution in [1.82, 2.24) is 14.7 Å². The number of rotatable bonds is 4. The monoisotopic (exact) mass is 331 g/mol. The second-order valence-corrected chi connectivity index (χ2v) is 6.76. The molecule has 130 valence electrons. The van der Waals surface area contributed by atoms with E-state index < -0.39 is 11.9 Å². The average molecular weight is 331 g/mol. The van der Waals surface area contributed by atoms with Gasteiger partial charge in [0.05, 0.1) is 5.92 Å². The summed E-state index contributed by atoms with van der Waals surface area (Å²) in [7, 11) is 2.09. The number of carbonyl (C=O) groups is 2. The van der Waals surface area contributed by atoms with E-state index in [1.807, 2.05) is 30.3 Å². The Labute approximate surface area is 142 Å². The van der Waals surface area contributed by atoms with Gasteiger partial charge in [-0.05, 0) is 19.0 Å². The topological polar surface area (TPSA) is 64.1 Å². The van der Waals surface area contributed by atoms with E-state index in [9.17, 15) is 14.7 Å². The van der Waals surface area contributed by atoms with Crippen LogP contribution in [0.1, 0.15) is 18.0 Å². The van der Waals surface area contributed by atoms with Gasteiger partial charge in [-0.25, -0.2) is 0 Å². The number of likely N-dealkylation sites (tertiary alicyclic amines) is 1. The van der Waals surface area contributed by atoms with Crippen LogP contribution in [-0.4, -0.2) is 78.0 Å². The summed E-state index contributed by atoms with van der Waals surface area (Å²) < 4.78 is 0. The van der Waals surface area contributed by atoms with Crippen LogP contribution in [0.4, 0.5) is 0 Å². The van der Waals surface area contributed by atoms with Crippen molar-refractivity contribution in [2.24, 2.45) is 5.92 Å². The molecule has 1 aromatic carbocycles. The number of amides is 1. The molecule has 1 N–H and O–H groups in total. The van der Waals surface area contributed by atoms with Gasteiger partial charge >= 0.3 is 5.97 Å². The molecule has 3 rings (SSSR count). The van der Waals surface area contributed by atoms with Gasteiger partial charge in [-0.1, -0.05) is 30.3 Å². The van der Waals surface area contributed by atoms with Crippen molar-refractivity contribution in [3.05, 3.63) is 35.9 Å². The lowest BCUT2D eigenvalue weighted by atomic mass is 10.0. The largest absolute Gasteiger partial charge is 0.481 e. The van der Waals surface area contributed by atoms with Crippen molar-refractivity contribution in [3.8, 4) is 0 Å². The molecule has 2 aliphatic rings. The molecule has 2 saturated heterocycles. The summed E-state index contributed by atoms with van der Waals surface area (Å²) in [5.74, 6) is -1.20. The number of hydrogen-bond acceptors (Lipinski definition) is 4. The van der Waals surface area contributed by atoms with Gasteiger partial charge in [0.15, 0.2) is 0 Å². The third-order valence-corrected chi connectivity index (χ3v) is 5.10. The fourth-order valence-electron chi connectivity index (χ4n) is 3.56. The van der Waals surface area contributed by atoms with Crippen molar-refractivity contribution in [1.29, 1.82) is 0 Å². The van der Waals surface area contributed by atoms with E-state index in [0.29, 0.717) is 19.5 Å². The second kappa shape index (κ2) is 7.32. The van der Waals surface area contributed by atoms with Crippen molar-refractivity contribution in [3.63, 3.8) is 0 Å². The first-order valence-electron chi connectivity index (χ1n) is 8.55. The fraction of sp³-hybridized carbons (Fsp3) is 0.556. The summed E-state index contributed by atoms with van der Waals surface area (Å²) >= 11 is 0. The maximum absolute atomic E-state index is 13.2. The van der Waals surface area contributed by atoms with Crippen LogP contribution in [0.5, 0.6) is 0 Å². The predicted molar refractivity (Wildman–Crippen MR) is 90.6 cm³/mol. The molecule has 0 bridgehead atoms. The van der Waals surface area contributed by atoms with Gasteiger partial charge in [-0.15, -0.1) is 0 Å². The molecule has 1 amide bonds. The van der Waals surface area contributed by atoms with Gasteiger partial charge in [0, 0.05) is 39.3 Å². The van der Waals surface area contributed by atoms with E-state index in [1.54, 1.807) is 4.90 Å². The lowest BCUT2D eigenvalue weighted by molar-refractivity contribution is -0.142. The molecular formula is C18H25N3O3. The van der Waals surface area contributed by atoms with Gasteiger partial charge in [0.2, 0.25) is 5.91 Å². The molecule has 0 unspecified atom stereocenters. The number of benzene rings is 1. The van der Waals surface area contributed by atoms with Gasteiger partial charge < -0.3 is 14.9 Å². The van der Waals surface area contributed by atoms with E-state index in [-0.39, 0.29) is 11.9 Å². The normalized spacial score (nSPS) is 24.0. The Balaban J connectivity index is 1.79. The summed E-state index contributed by atoms with van der Waals surface area (Å²) in [5, 5.41) is 9.19. The number of likely N-dealkylation sites (N-methyl/N-ethyl adjacent to an activating group) is 1. The molecule has 1 aromatic rings. The third kappa shape index (κ3) is 3.60. The first-order chi connectivity index (χ1) is 11.6. The molecular weight excluding hydrogens is 306 g/mol. The number of piperazine rings is 1. The van der Waals surface area contributed by atoms with Gasteiger partial charge in [0.1, 0.15) is 6.04 Å². The number of aliphatic carboxylic acids is 1. The number of hydrogen-bond donors (Lipinski definition) is 1. The lowest BCUT2D eigenvalue weighted by Crippen LogP contribution is -2.50. The van der Waals surface area contributed by atoms with Crippen LogP contribution in [-0.2, 0) is 9.59 Å². The van der Waals surface area contributed by atoms with Gasteiger partial charge in [-0.3, -0.25) is 14.5 Å². The van der Waals surface area contributed by atoms with E-state index in [2.05, 4.69) is 16.8 Å². The van der Waals surface area contributed by atoms with Crippen LogP contribution in [0.3, 0.4) is 0 Å². The quantitative estimate of drug-likeness (QED) is 0.888. The minimum Gasteiger partial charge on any atom is -0.481 e. The van der Waals surface area contributed by atoms with Crippen LogP contribution >= 0.6 is 0 Å². The molecule has 2 aliphatic heterocycles. The van der Waals surface area contributed by atoms with E-state index in [0.717, 1.165) is 31.7 Å². The third-order valence-electron chi connectivity index (χ3n) is 5.10. The summed E-state index contributed by atoms with van der Waals surface area (Å²) in [5.41, 5.74) is 0.992. The lowest BCUT2D eigenvalue weighted by Gasteiger charge is -2.38. The minimum atomic E-state index is -0.804. The Hall–Kier alpha value is -1.92. The second-order valence-electron chi connectivity index (χ2n) is 6.76. The maximum atomic E-state index is 13.2. The van der Waals surface area contributed by atoms with Crippen molar-refractivity contribution < 1.29 is 14.7 Å². The zero-order valence-corrected chi connectivity index (χ0v) is 14.1. The smallest absolute Gasteiger partial charge is 0.308 e. The Morgan fingerprint density at radius 2 is 1.75 bits per heavy atom. The average Bonchev–Trinajstić information content (AvgIpc) is 3.08. The molecule has 0 radical (unpaired) electrons. The molecule has 0 spiro atoms. The van der Waals surface area contributed by atoms with Crippen molar-refractivity contribution >= 4 is 11.9 Å². The fourth-order valence-corrected chi connectivity index (χ4v) is 3.56. The number of nitrogens with zero attached hydrogens (tertiary/aromatic N) is 3. The maximum Gasteiger partial charge on any atom is 0.308 e. The van der Waals surface area contributed by atoms with Gasteiger partial charge in [-0.2, -0.15) is 0 Å². The van der Waals surface area contributed by atoms with Gasteiger partial charge in [0.25, 0.3) is 0 Å². The molecule has 24 heavy (non-hydrogen) atoms. The zero-order chi connectivity index (χ0) is 17.1. The highest BCUT2D eigenvalue weighted by molar-refractivity contribution is 5.84. The molecule has 2 atom stereocenters. The summed E-state index contributed by atoms with van der Waals surface area (Å²) in [4.78, 5) is 30.6. The Morgan fingerprint density at radius 1 is 1.08 bits per heavy atom. The van der Waals surface area contributed by atoms with E-state index >= 15 is 0 Å². The van der Waals surface area contributed by atoms with Crippen LogP contribution < -0.4 is 0 Å². The molecule has 2 heterocycles. The molecule has 6 heteroatoms. The Bertz CT molecular complexity index is 584. The molecule has 0 aliphatic carbocycles. The van der Waals surface area contributed by atoms with Crippen LogP contribution in [0.25, 0.3) is 0 Å². The number of carbonyl (C=O) groups excluding carboxylic acids is 1. The molecule has 6 nitrogen and oxygen atoms in total. The minimum absolute atomic E-state index is 0.0366. The Morgan fingerprint density at radius 3 is 2.33 bits per heavy atom. The number of carboxylic acids is 1. The first-order valence-corrected chi connectivity index (χ1v) is 8.55. The standard InChI is InChI=1S/C18H25N3O3/c1-19-9-11-20(12-10-19)16(14-5-3-2-4-6-14)17(22)21-8-7-15(13-21)18(23)24/h2-6,15-16H,7-13H2,1H3,(H,23,24)/t15-,16-/m1/s1. The summed E-state index contributed by atoms with van der Waals surface area (Å²) in [6, 6.07) is 9.53. The Kier molecular flexibility index (Phi) is 5.16. The SMILES string of the molecule is CN1CCN([C@@H](C(=O)N2CC[C@@H](C(=O)O)C2)c2ccccc2)CC1. The summed E-state index contributed by atoms with van der Waals surface area (Å²) in [6.07, 6.45) is 0.547. The van der Waals surface area contributed by atoms with Crippen molar-refractivity contribution in [2.45, 2.75) is 12.5 Å². The van der Waals surface area contributed by atoms with Crippen LogP contribution in [0, 0.1) is 5.92 Å². The highest BCUT2D eigenvalue weighted by Gasteiger charge is 2.37. The summed E-state index contributed by atoms with van der Waals surface area (Å²) in [6.45, 7) is 4.43. The first kappa shape index (κ1) is 16.9. The van der Waals surface area contributed by atoms with E-state index in [1.165, 1.54) is 0 Å². The molecule has 2 fully saturated rings. The van der Waals surface area contributed by atoms with Crippen LogP contribution in [0.15, 0.2) is 30.3 Å².